The molecule has 0 saturated carbocycles. The highest BCUT2D eigenvalue weighted by Gasteiger charge is 2.67. The fraction of sp³-hybridized carbons (Fsp3) is 0.571. The van der Waals surface area contributed by atoms with Gasteiger partial charge in [-0.3, -0.25) is 0 Å². The van der Waals surface area contributed by atoms with Gasteiger partial charge < -0.3 is 9.47 Å². The summed E-state index contributed by atoms with van der Waals surface area (Å²) >= 11 is 0. The van der Waals surface area contributed by atoms with Gasteiger partial charge >= 0.3 is 6.18 Å². The Morgan fingerprint density at radius 2 is 1.90 bits per heavy atom. The van der Waals surface area contributed by atoms with Crippen LogP contribution in [0.15, 0.2) is 18.2 Å². The van der Waals surface area contributed by atoms with E-state index in [-0.39, 0.29) is 13.0 Å². The molecule has 0 bridgehead atoms. The fourth-order valence-corrected chi connectivity index (χ4v) is 2.47. The summed E-state index contributed by atoms with van der Waals surface area (Å²) in [4.78, 5) is 0. The van der Waals surface area contributed by atoms with E-state index in [0.29, 0.717) is 11.3 Å². The summed E-state index contributed by atoms with van der Waals surface area (Å²) in [6.07, 6.45) is -4.70. The SMILES string of the molecule is COc1ccc(F)cc1C(C)(C)C[C@]1(C(F)(F)F)CO1. The van der Waals surface area contributed by atoms with Crippen LogP contribution in [0.25, 0.3) is 0 Å². The number of alkyl halides is 3. The number of benzene rings is 1. The van der Waals surface area contributed by atoms with E-state index in [2.05, 4.69) is 4.74 Å². The van der Waals surface area contributed by atoms with Gasteiger partial charge in [0.2, 0.25) is 0 Å². The second-order valence-corrected chi connectivity index (χ2v) is 5.69. The van der Waals surface area contributed by atoms with Crippen LogP contribution in [0.3, 0.4) is 0 Å². The first-order valence-corrected chi connectivity index (χ1v) is 6.16. The quantitative estimate of drug-likeness (QED) is 0.621. The zero-order valence-corrected chi connectivity index (χ0v) is 11.5. The second-order valence-electron chi connectivity index (χ2n) is 5.69. The summed E-state index contributed by atoms with van der Waals surface area (Å²) in [5.41, 5.74) is -2.65. The highest BCUT2D eigenvalue weighted by molar-refractivity contribution is 5.40. The lowest BCUT2D eigenvalue weighted by Gasteiger charge is -2.31. The molecule has 112 valence electrons. The Balaban J connectivity index is 2.34. The molecule has 1 aromatic rings. The zero-order chi connectivity index (χ0) is 15.2. The van der Waals surface area contributed by atoms with Crippen LogP contribution in [-0.4, -0.2) is 25.5 Å². The predicted molar refractivity (Wildman–Crippen MR) is 65.3 cm³/mol. The largest absolute Gasteiger partial charge is 0.496 e. The average molecular weight is 292 g/mol. The van der Waals surface area contributed by atoms with Gasteiger partial charge in [-0.05, 0) is 30.0 Å². The van der Waals surface area contributed by atoms with Crippen LogP contribution in [0.4, 0.5) is 17.6 Å². The number of rotatable bonds is 4. The molecule has 1 aromatic carbocycles. The maximum Gasteiger partial charge on any atom is 0.419 e. The Morgan fingerprint density at radius 1 is 1.30 bits per heavy atom. The highest BCUT2D eigenvalue weighted by atomic mass is 19.4. The van der Waals surface area contributed by atoms with Crippen molar-refractivity contribution < 1.29 is 27.0 Å². The van der Waals surface area contributed by atoms with Gasteiger partial charge in [0, 0.05) is 5.56 Å². The van der Waals surface area contributed by atoms with Gasteiger partial charge in [0.1, 0.15) is 11.6 Å². The molecule has 0 amide bonds. The van der Waals surface area contributed by atoms with Crippen LogP contribution in [-0.2, 0) is 10.2 Å². The van der Waals surface area contributed by atoms with Crippen molar-refractivity contribution in [2.45, 2.75) is 37.5 Å². The van der Waals surface area contributed by atoms with Crippen molar-refractivity contribution in [3.8, 4) is 5.75 Å². The monoisotopic (exact) mass is 292 g/mol. The molecule has 1 saturated heterocycles. The molecular formula is C14H16F4O2. The molecule has 0 aliphatic carbocycles. The number of epoxide rings is 1. The number of halogens is 4. The summed E-state index contributed by atoms with van der Waals surface area (Å²) in [5.74, 6) is -0.138. The molecule has 1 fully saturated rings. The summed E-state index contributed by atoms with van der Waals surface area (Å²) in [7, 11) is 1.40. The normalized spacial score (nSPS) is 22.8. The highest BCUT2D eigenvalue weighted by Crippen LogP contribution is 2.51. The van der Waals surface area contributed by atoms with Crippen LogP contribution >= 0.6 is 0 Å². The molecule has 0 N–H and O–H groups in total. The molecular weight excluding hydrogens is 276 g/mol. The average Bonchev–Trinajstić information content (AvgIpc) is 3.08. The summed E-state index contributed by atoms with van der Waals surface area (Å²) in [6.45, 7) is 2.90. The molecule has 0 radical (unpaired) electrons. The van der Waals surface area contributed by atoms with E-state index in [9.17, 15) is 17.6 Å². The molecule has 1 atom stereocenters. The van der Waals surface area contributed by atoms with Gasteiger partial charge in [-0.1, -0.05) is 13.8 Å². The maximum atomic E-state index is 13.4. The third kappa shape index (κ3) is 2.61. The Bertz CT molecular complexity index is 504. The van der Waals surface area contributed by atoms with E-state index in [4.69, 9.17) is 4.74 Å². The van der Waals surface area contributed by atoms with Crippen molar-refractivity contribution in [2.75, 3.05) is 13.7 Å². The van der Waals surface area contributed by atoms with E-state index in [1.165, 1.54) is 25.3 Å². The lowest BCUT2D eigenvalue weighted by Crippen LogP contribution is -2.39. The third-order valence-corrected chi connectivity index (χ3v) is 3.63. The molecule has 6 heteroatoms. The van der Waals surface area contributed by atoms with Gasteiger partial charge in [-0.2, -0.15) is 13.2 Å². The van der Waals surface area contributed by atoms with Crippen molar-refractivity contribution in [1.29, 1.82) is 0 Å². The van der Waals surface area contributed by atoms with Gasteiger partial charge in [0.05, 0.1) is 13.7 Å². The van der Waals surface area contributed by atoms with Crippen LogP contribution in [0.5, 0.6) is 5.75 Å². The Labute approximate surface area is 114 Å². The van der Waals surface area contributed by atoms with Crippen molar-refractivity contribution in [1.82, 2.24) is 0 Å². The van der Waals surface area contributed by atoms with Crippen LogP contribution in [0.2, 0.25) is 0 Å². The minimum Gasteiger partial charge on any atom is -0.496 e. The van der Waals surface area contributed by atoms with Crippen LogP contribution in [0, 0.1) is 5.82 Å². The van der Waals surface area contributed by atoms with E-state index in [1.807, 2.05) is 0 Å². The lowest BCUT2D eigenvalue weighted by atomic mass is 9.76. The number of methoxy groups -OCH3 is 1. The minimum absolute atomic E-state index is 0.274. The topological polar surface area (TPSA) is 21.8 Å². The lowest BCUT2D eigenvalue weighted by molar-refractivity contribution is -0.188. The third-order valence-electron chi connectivity index (χ3n) is 3.63. The van der Waals surface area contributed by atoms with E-state index in [1.54, 1.807) is 13.8 Å². The number of hydrogen-bond acceptors (Lipinski definition) is 2. The predicted octanol–water partition coefficient (Wildman–Crippen LogP) is 3.83. The molecule has 0 spiro atoms. The first kappa shape index (κ1) is 15.1. The van der Waals surface area contributed by atoms with Crippen molar-refractivity contribution in [3.05, 3.63) is 29.6 Å². The molecule has 20 heavy (non-hydrogen) atoms. The molecule has 0 aromatic heterocycles. The molecule has 1 aliphatic heterocycles. The summed E-state index contributed by atoms with van der Waals surface area (Å²) in [6, 6.07) is 3.84. The number of hydrogen-bond donors (Lipinski definition) is 0. The van der Waals surface area contributed by atoms with E-state index >= 15 is 0 Å². The molecule has 2 nitrogen and oxygen atoms in total. The van der Waals surface area contributed by atoms with E-state index < -0.39 is 23.0 Å². The Hall–Kier alpha value is -1.30. The zero-order valence-electron chi connectivity index (χ0n) is 11.5. The van der Waals surface area contributed by atoms with Gasteiger partial charge in [0.15, 0.2) is 5.60 Å². The van der Waals surface area contributed by atoms with Gasteiger partial charge in [-0.25, -0.2) is 4.39 Å². The molecule has 1 aliphatic rings. The van der Waals surface area contributed by atoms with Crippen molar-refractivity contribution in [3.63, 3.8) is 0 Å². The second kappa shape index (κ2) is 4.62. The first-order valence-electron chi connectivity index (χ1n) is 6.16. The standard InChI is InChI=1S/C14H16F4O2/c1-12(2,7-13(8-20-13)14(16,17)18)10-6-9(15)4-5-11(10)19-3/h4-6H,7-8H2,1-3H3/t13-/m1/s1. The minimum atomic E-state index is -4.43. The Kier molecular flexibility index (Phi) is 3.48. The van der Waals surface area contributed by atoms with Crippen LogP contribution in [0.1, 0.15) is 25.8 Å². The summed E-state index contributed by atoms with van der Waals surface area (Å²) < 4.78 is 62.1. The maximum absolute atomic E-state index is 13.4. The fourth-order valence-electron chi connectivity index (χ4n) is 2.47. The van der Waals surface area contributed by atoms with Crippen molar-refractivity contribution in [2.24, 2.45) is 0 Å². The number of ether oxygens (including phenoxy) is 2. The van der Waals surface area contributed by atoms with E-state index in [0.717, 1.165) is 0 Å². The summed E-state index contributed by atoms with van der Waals surface area (Å²) in [5, 5.41) is 0. The first-order chi connectivity index (χ1) is 9.11. The van der Waals surface area contributed by atoms with Crippen molar-refractivity contribution >= 4 is 0 Å². The van der Waals surface area contributed by atoms with Gasteiger partial charge in [-0.15, -0.1) is 0 Å². The Morgan fingerprint density at radius 3 is 2.35 bits per heavy atom. The molecule has 0 unspecified atom stereocenters. The molecule has 2 rings (SSSR count). The van der Waals surface area contributed by atoms with Gasteiger partial charge in [0.25, 0.3) is 0 Å². The molecule has 1 heterocycles. The smallest absolute Gasteiger partial charge is 0.419 e. The van der Waals surface area contributed by atoms with Crippen LogP contribution < -0.4 is 4.74 Å².